The zero-order valence-electron chi connectivity index (χ0n) is 8.86. The molecule has 0 aliphatic rings. The second-order valence-electron chi connectivity index (χ2n) is 3.51. The number of nitrogens with zero attached hydrogens (tertiary/aromatic N) is 1. The number of methoxy groups -OCH3 is 1. The Kier molecular flexibility index (Phi) is 2.60. The largest absolute Gasteiger partial charge is 0.453 e. The van der Waals surface area contributed by atoms with Crippen molar-refractivity contribution in [2.24, 2.45) is 5.73 Å². The molecular formula is C11H14N2O2. The van der Waals surface area contributed by atoms with E-state index in [2.05, 4.69) is 11.9 Å². The van der Waals surface area contributed by atoms with Crippen LogP contribution in [0.15, 0.2) is 22.6 Å². The number of fused-ring (bicyclic) bond motifs is 1. The third-order valence-electron chi connectivity index (χ3n) is 2.49. The molecule has 1 aromatic heterocycles. The van der Waals surface area contributed by atoms with Gasteiger partial charge in [-0.3, -0.25) is 0 Å². The predicted molar refractivity (Wildman–Crippen MR) is 58.0 cm³/mol. The molecule has 0 spiro atoms. The van der Waals surface area contributed by atoms with Crippen LogP contribution in [0.4, 0.5) is 0 Å². The number of aromatic nitrogens is 1. The van der Waals surface area contributed by atoms with Gasteiger partial charge in [0.2, 0.25) is 0 Å². The van der Waals surface area contributed by atoms with Crippen LogP contribution in [0.1, 0.15) is 18.4 Å². The van der Waals surface area contributed by atoms with Crippen LogP contribution in [-0.4, -0.2) is 18.6 Å². The van der Waals surface area contributed by atoms with Gasteiger partial charge in [-0.05, 0) is 24.1 Å². The number of hydrogen-bond acceptors (Lipinski definition) is 4. The van der Waals surface area contributed by atoms with Crippen LogP contribution in [0.3, 0.4) is 0 Å². The Bertz CT molecular complexity index is 465. The number of oxazole rings is 1. The average Bonchev–Trinajstić information content (AvgIpc) is 2.70. The van der Waals surface area contributed by atoms with Crippen LogP contribution in [0.25, 0.3) is 11.1 Å². The highest BCUT2D eigenvalue weighted by molar-refractivity contribution is 5.77. The minimum atomic E-state index is 0.267. The summed E-state index contributed by atoms with van der Waals surface area (Å²) in [5.41, 5.74) is 8.32. The zero-order chi connectivity index (χ0) is 10.8. The summed E-state index contributed by atoms with van der Waals surface area (Å²) in [5.74, 6) is 0.267. The van der Waals surface area contributed by atoms with E-state index in [1.807, 2.05) is 18.2 Å². The minimum absolute atomic E-state index is 0.267. The van der Waals surface area contributed by atoms with E-state index in [-0.39, 0.29) is 5.92 Å². The topological polar surface area (TPSA) is 61.3 Å². The molecular weight excluding hydrogens is 192 g/mol. The Hall–Kier alpha value is -1.55. The maximum Gasteiger partial charge on any atom is 0.394 e. The van der Waals surface area contributed by atoms with Gasteiger partial charge in [0.05, 0.1) is 7.11 Å². The molecule has 0 radical (unpaired) electrons. The molecule has 0 fully saturated rings. The third-order valence-corrected chi connectivity index (χ3v) is 2.49. The van der Waals surface area contributed by atoms with E-state index >= 15 is 0 Å². The molecule has 0 bridgehead atoms. The summed E-state index contributed by atoms with van der Waals surface area (Å²) in [6, 6.07) is 5.83. The van der Waals surface area contributed by atoms with Gasteiger partial charge in [-0.15, -0.1) is 0 Å². The maximum absolute atomic E-state index is 5.64. The van der Waals surface area contributed by atoms with Gasteiger partial charge in [-0.25, -0.2) is 0 Å². The Morgan fingerprint density at radius 1 is 1.53 bits per heavy atom. The van der Waals surface area contributed by atoms with Gasteiger partial charge in [-0.2, -0.15) is 4.98 Å². The standard InChI is InChI=1S/C11H14N2O2/c1-7(6-12)8-4-3-5-9-10(8)13-11(14-2)15-9/h3-5,7H,6,12H2,1-2H3. The van der Waals surface area contributed by atoms with E-state index in [1.165, 1.54) is 7.11 Å². The van der Waals surface area contributed by atoms with Gasteiger partial charge < -0.3 is 14.9 Å². The van der Waals surface area contributed by atoms with E-state index in [0.717, 1.165) is 16.7 Å². The molecule has 0 aliphatic heterocycles. The zero-order valence-corrected chi connectivity index (χ0v) is 8.86. The van der Waals surface area contributed by atoms with Crippen LogP contribution in [0, 0.1) is 0 Å². The van der Waals surface area contributed by atoms with Crippen molar-refractivity contribution in [3.63, 3.8) is 0 Å². The summed E-state index contributed by atoms with van der Waals surface area (Å²) >= 11 is 0. The van der Waals surface area contributed by atoms with E-state index in [4.69, 9.17) is 14.9 Å². The number of hydrogen-bond donors (Lipinski definition) is 1. The van der Waals surface area contributed by atoms with Gasteiger partial charge in [0, 0.05) is 0 Å². The SMILES string of the molecule is COc1nc2c(C(C)CN)cccc2o1. The molecule has 2 N–H and O–H groups in total. The molecule has 0 aliphatic carbocycles. The molecule has 2 aromatic rings. The number of para-hydroxylation sites is 1. The molecule has 0 saturated heterocycles. The van der Waals surface area contributed by atoms with Crippen LogP contribution in [0.5, 0.6) is 6.08 Å². The minimum Gasteiger partial charge on any atom is -0.453 e. The van der Waals surface area contributed by atoms with Gasteiger partial charge in [0.1, 0.15) is 5.52 Å². The first-order valence-corrected chi connectivity index (χ1v) is 4.89. The van der Waals surface area contributed by atoms with E-state index < -0.39 is 0 Å². The van der Waals surface area contributed by atoms with Crippen molar-refractivity contribution < 1.29 is 9.15 Å². The van der Waals surface area contributed by atoms with Crippen molar-refractivity contribution in [1.82, 2.24) is 4.98 Å². The van der Waals surface area contributed by atoms with Crippen molar-refractivity contribution >= 4 is 11.1 Å². The summed E-state index contributed by atoms with van der Waals surface area (Å²) < 4.78 is 10.3. The highest BCUT2D eigenvalue weighted by Crippen LogP contribution is 2.27. The van der Waals surface area contributed by atoms with Crippen LogP contribution in [-0.2, 0) is 0 Å². The van der Waals surface area contributed by atoms with Crippen molar-refractivity contribution in [2.75, 3.05) is 13.7 Å². The van der Waals surface area contributed by atoms with Crippen LogP contribution in [0.2, 0.25) is 0 Å². The van der Waals surface area contributed by atoms with Crippen molar-refractivity contribution in [3.8, 4) is 6.08 Å². The fourth-order valence-corrected chi connectivity index (χ4v) is 1.56. The Morgan fingerprint density at radius 3 is 3.00 bits per heavy atom. The fourth-order valence-electron chi connectivity index (χ4n) is 1.56. The first kappa shape index (κ1) is 9.98. The first-order chi connectivity index (χ1) is 7.26. The third kappa shape index (κ3) is 1.68. The summed E-state index contributed by atoms with van der Waals surface area (Å²) in [6.45, 7) is 2.66. The number of rotatable bonds is 3. The number of ether oxygens (including phenoxy) is 1. The quantitative estimate of drug-likeness (QED) is 0.833. The second-order valence-corrected chi connectivity index (χ2v) is 3.51. The molecule has 1 unspecified atom stereocenters. The molecule has 0 amide bonds. The van der Waals surface area contributed by atoms with E-state index in [1.54, 1.807) is 0 Å². The Balaban J connectivity index is 2.59. The molecule has 1 heterocycles. The van der Waals surface area contributed by atoms with Gasteiger partial charge in [0.15, 0.2) is 5.58 Å². The second kappa shape index (κ2) is 3.90. The number of benzene rings is 1. The number of nitrogens with two attached hydrogens (primary N) is 1. The fraction of sp³-hybridized carbons (Fsp3) is 0.364. The Morgan fingerprint density at radius 2 is 2.33 bits per heavy atom. The van der Waals surface area contributed by atoms with Gasteiger partial charge >= 0.3 is 6.08 Å². The molecule has 0 saturated carbocycles. The van der Waals surface area contributed by atoms with Gasteiger partial charge in [0.25, 0.3) is 0 Å². The lowest BCUT2D eigenvalue weighted by atomic mass is 10.0. The normalized spacial score (nSPS) is 13.0. The summed E-state index contributed by atoms with van der Waals surface area (Å²) in [7, 11) is 1.54. The molecule has 80 valence electrons. The lowest BCUT2D eigenvalue weighted by Crippen LogP contribution is -2.09. The molecule has 2 rings (SSSR count). The molecule has 4 nitrogen and oxygen atoms in total. The van der Waals surface area contributed by atoms with Crippen molar-refractivity contribution in [3.05, 3.63) is 23.8 Å². The lowest BCUT2D eigenvalue weighted by molar-refractivity contribution is 0.299. The summed E-state index contributed by atoms with van der Waals surface area (Å²) in [6.07, 6.45) is 0.293. The lowest BCUT2D eigenvalue weighted by Gasteiger charge is -2.07. The highest BCUT2D eigenvalue weighted by atomic mass is 16.6. The molecule has 1 aromatic carbocycles. The van der Waals surface area contributed by atoms with Crippen LogP contribution >= 0.6 is 0 Å². The monoisotopic (exact) mass is 206 g/mol. The smallest absolute Gasteiger partial charge is 0.394 e. The molecule has 1 atom stereocenters. The first-order valence-electron chi connectivity index (χ1n) is 4.89. The summed E-state index contributed by atoms with van der Waals surface area (Å²) in [4.78, 5) is 4.26. The maximum atomic E-state index is 5.64. The van der Waals surface area contributed by atoms with E-state index in [9.17, 15) is 0 Å². The predicted octanol–water partition coefficient (Wildman–Crippen LogP) is 1.90. The van der Waals surface area contributed by atoms with Crippen molar-refractivity contribution in [2.45, 2.75) is 12.8 Å². The molecule has 4 heteroatoms. The van der Waals surface area contributed by atoms with Gasteiger partial charge in [-0.1, -0.05) is 19.1 Å². The van der Waals surface area contributed by atoms with Crippen molar-refractivity contribution in [1.29, 1.82) is 0 Å². The van der Waals surface area contributed by atoms with Crippen LogP contribution < -0.4 is 10.5 Å². The highest BCUT2D eigenvalue weighted by Gasteiger charge is 2.13. The van der Waals surface area contributed by atoms with E-state index in [0.29, 0.717) is 12.6 Å². The summed E-state index contributed by atoms with van der Waals surface area (Å²) in [5, 5.41) is 0. The molecule has 15 heavy (non-hydrogen) atoms. The Labute approximate surface area is 88.0 Å². The average molecular weight is 206 g/mol.